The van der Waals surface area contributed by atoms with Gasteiger partial charge in [-0.1, -0.05) is 20.3 Å². The molecule has 0 bridgehead atoms. The Morgan fingerprint density at radius 3 is 1.50 bits per heavy atom. The van der Waals surface area contributed by atoms with E-state index in [4.69, 9.17) is 30.2 Å². The Hall–Kier alpha value is 0.260. The summed E-state index contributed by atoms with van der Waals surface area (Å²) in [6.07, 6.45) is -1.20. The summed E-state index contributed by atoms with van der Waals surface area (Å²) < 4.78 is 25.7. The molecule has 2 heterocycles. The molecular weight excluding hydrogens is 325 g/mol. The molecule has 0 aromatic heterocycles. The van der Waals surface area contributed by atoms with Gasteiger partial charge in [0.05, 0.1) is 11.2 Å². The molecule has 4 nitrogen and oxygen atoms in total. The molecular formula is C17H34B2ClO4-. The Balaban J connectivity index is 2.43. The van der Waals surface area contributed by atoms with Crippen LogP contribution in [-0.4, -0.2) is 41.1 Å². The summed E-state index contributed by atoms with van der Waals surface area (Å²) in [7, 11) is -0.614. The maximum atomic E-state index is 6.88. The van der Waals surface area contributed by atoms with E-state index in [9.17, 15) is 0 Å². The van der Waals surface area contributed by atoms with Gasteiger partial charge in [0.1, 0.15) is 0 Å². The van der Waals surface area contributed by atoms with Crippen LogP contribution in [-0.2, 0) is 18.6 Å². The average molecular weight is 360 g/mol. The monoisotopic (exact) mass is 359 g/mol. The molecule has 2 aliphatic heterocycles. The average Bonchev–Trinajstić information content (AvgIpc) is 2.67. The van der Waals surface area contributed by atoms with Gasteiger partial charge in [0.25, 0.3) is 6.44 Å². The number of halogens is 1. The van der Waals surface area contributed by atoms with Crippen LogP contribution in [0.2, 0.25) is 0 Å². The van der Waals surface area contributed by atoms with Crippen LogP contribution < -0.4 is 0 Å². The first-order valence-electron chi connectivity index (χ1n) is 9.12. The second kappa shape index (κ2) is 5.88. The lowest BCUT2D eigenvalue weighted by Gasteiger charge is -2.43. The van der Waals surface area contributed by atoms with Crippen LogP contribution in [0.25, 0.3) is 0 Å². The molecule has 0 radical (unpaired) electrons. The molecule has 2 aliphatic rings. The van der Waals surface area contributed by atoms with Crippen molar-refractivity contribution in [1.82, 2.24) is 0 Å². The molecule has 2 fully saturated rings. The number of hydrogen-bond acceptors (Lipinski definition) is 4. The molecule has 0 aromatic rings. The minimum absolute atomic E-state index is 0.319. The van der Waals surface area contributed by atoms with Crippen molar-refractivity contribution in [1.29, 1.82) is 0 Å². The Labute approximate surface area is 153 Å². The molecule has 24 heavy (non-hydrogen) atoms. The summed E-state index contributed by atoms with van der Waals surface area (Å²) >= 11 is 6.88. The van der Waals surface area contributed by atoms with Crippen LogP contribution in [0.4, 0.5) is 0 Å². The minimum Gasteiger partial charge on any atom is -0.563 e. The van der Waals surface area contributed by atoms with E-state index in [-0.39, 0.29) is 5.28 Å². The molecule has 2 rings (SSSR count). The highest BCUT2D eigenvalue weighted by atomic mass is 35.5. The minimum atomic E-state index is -1.97. The normalized spacial score (nSPS) is 30.8. The van der Waals surface area contributed by atoms with Crippen molar-refractivity contribution < 1.29 is 18.6 Å². The quantitative estimate of drug-likeness (QED) is 0.551. The molecule has 1 unspecified atom stereocenters. The number of rotatable bonds is 4. The predicted octanol–water partition coefficient (Wildman–Crippen LogP) is 4.40. The summed E-state index contributed by atoms with van der Waals surface area (Å²) in [5.74, 6) is 0.424. The third-order valence-electron chi connectivity index (χ3n) is 6.26. The van der Waals surface area contributed by atoms with Crippen molar-refractivity contribution in [2.24, 2.45) is 5.92 Å². The predicted molar refractivity (Wildman–Crippen MR) is 101 cm³/mol. The third-order valence-corrected chi connectivity index (χ3v) is 6.79. The van der Waals surface area contributed by atoms with Crippen LogP contribution in [0, 0.1) is 5.92 Å². The van der Waals surface area contributed by atoms with Crippen molar-refractivity contribution in [3.05, 3.63) is 0 Å². The van der Waals surface area contributed by atoms with Gasteiger partial charge in [-0.2, -0.15) is 11.6 Å². The van der Waals surface area contributed by atoms with E-state index in [2.05, 4.69) is 13.8 Å². The standard InChI is InChI=1S/C17H34B2ClO4/c1-12(2)11-13(20)19(23-16(7,8)17(9,10)24-19)18-21-14(3,4)15(5,6)22-18/h12-13H,11H2,1-10H3/q-1. The van der Waals surface area contributed by atoms with E-state index in [0.29, 0.717) is 5.92 Å². The van der Waals surface area contributed by atoms with Crippen molar-refractivity contribution >= 4 is 25.1 Å². The molecule has 2 saturated heterocycles. The highest BCUT2D eigenvalue weighted by Gasteiger charge is 2.65. The first-order valence-corrected chi connectivity index (χ1v) is 9.55. The fourth-order valence-electron chi connectivity index (χ4n) is 3.38. The highest BCUT2D eigenvalue weighted by Crippen LogP contribution is 2.50. The fraction of sp³-hybridized carbons (Fsp3) is 1.00. The Bertz CT molecular complexity index is 459. The topological polar surface area (TPSA) is 36.9 Å². The van der Waals surface area contributed by atoms with Crippen LogP contribution in [0.1, 0.15) is 75.7 Å². The largest absolute Gasteiger partial charge is 0.563 e. The number of alkyl halides is 1. The van der Waals surface area contributed by atoms with E-state index in [1.807, 2.05) is 55.4 Å². The molecule has 0 aromatic carbocycles. The van der Waals surface area contributed by atoms with Crippen LogP contribution >= 0.6 is 11.6 Å². The Kier molecular flexibility index (Phi) is 5.04. The van der Waals surface area contributed by atoms with Crippen molar-refractivity contribution in [3.8, 4) is 0 Å². The maximum Gasteiger partial charge on any atom is 0.329 e. The zero-order valence-electron chi connectivity index (χ0n) is 17.0. The summed E-state index contributed by atoms with van der Waals surface area (Å²) in [6.45, 7) is 20.6. The zero-order chi connectivity index (χ0) is 18.8. The molecule has 1 atom stereocenters. The van der Waals surface area contributed by atoms with Gasteiger partial charge in [0.2, 0.25) is 0 Å². The second-order valence-corrected chi connectivity index (χ2v) is 10.4. The lowest BCUT2D eigenvalue weighted by Crippen LogP contribution is -2.63. The lowest BCUT2D eigenvalue weighted by molar-refractivity contribution is 0.00578. The van der Waals surface area contributed by atoms with Crippen LogP contribution in [0.3, 0.4) is 0 Å². The smallest absolute Gasteiger partial charge is 0.329 e. The molecule has 0 amide bonds. The van der Waals surface area contributed by atoms with E-state index < -0.39 is 35.9 Å². The number of hydrogen-bond donors (Lipinski definition) is 0. The SMILES string of the molecule is CC(C)CC(Cl)[B-]1(B2OC(C)(C)C(C)(C)O2)OC(C)(C)C(C)(C)O1. The first-order chi connectivity index (χ1) is 10.6. The molecule has 140 valence electrons. The lowest BCUT2D eigenvalue weighted by atomic mass is 9.26. The van der Waals surface area contributed by atoms with Gasteiger partial charge < -0.3 is 18.6 Å². The van der Waals surface area contributed by atoms with E-state index >= 15 is 0 Å². The van der Waals surface area contributed by atoms with E-state index in [1.165, 1.54) is 0 Å². The highest BCUT2D eigenvalue weighted by molar-refractivity contribution is 7.25. The summed E-state index contributed by atoms with van der Waals surface area (Å²) in [5, 5.41) is -0.319. The maximum absolute atomic E-state index is 6.88. The molecule has 0 spiro atoms. The molecule has 7 heteroatoms. The van der Waals surface area contributed by atoms with Crippen LogP contribution in [0.15, 0.2) is 0 Å². The Morgan fingerprint density at radius 1 is 0.792 bits per heavy atom. The van der Waals surface area contributed by atoms with Gasteiger partial charge in [-0.15, -0.1) is 0 Å². The van der Waals surface area contributed by atoms with Gasteiger partial charge in [0, 0.05) is 11.2 Å². The van der Waals surface area contributed by atoms with Crippen LogP contribution in [0.5, 0.6) is 0 Å². The van der Waals surface area contributed by atoms with Gasteiger partial charge in [-0.05, 0) is 66.6 Å². The van der Waals surface area contributed by atoms with Crippen molar-refractivity contribution in [3.63, 3.8) is 0 Å². The molecule has 0 saturated carbocycles. The van der Waals surface area contributed by atoms with E-state index in [1.54, 1.807) is 0 Å². The summed E-state index contributed by atoms with van der Waals surface area (Å²) in [4.78, 5) is 0. The third kappa shape index (κ3) is 3.18. The van der Waals surface area contributed by atoms with Crippen molar-refractivity contribution in [2.75, 3.05) is 0 Å². The molecule has 0 N–H and O–H groups in total. The molecule has 0 aliphatic carbocycles. The first kappa shape index (κ1) is 20.6. The zero-order valence-corrected chi connectivity index (χ0v) is 17.8. The van der Waals surface area contributed by atoms with Gasteiger partial charge in [-0.25, -0.2) is 0 Å². The van der Waals surface area contributed by atoms with Gasteiger partial charge in [0.15, 0.2) is 0 Å². The van der Waals surface area contributed by atoms with Gasteiger partial charge >= 0.3 is 7.01 Å². The Morgan fingerprint density at radius 2 is 1.17 bits per heavy atom. The fourth-order valence-corrected chi connectivity index (χ4v) is 3.95. The summed E-state index contributed by atoms with van der Waals surface area (Å²) in [5.41, 5.74) is -1.88. The summed E-state index contributed by atoms with van der Waals surface area (Å²) in [6, 6.07) is 0. The van der Waals surface area contributed by atoms with Gasteiger partial charge in [-0.3, -0.25) is 0 Å². The second-order valence-electron chi connectivity index (χ2n) is 9.86. The van der Waals surface area contributed by atoms with Crippen molar-refractivity contribution in [2.45, 2.75) is 103 Å². The van der Waals surface area contributed by atoms with E-state index in [0.717, 1.165) is 6.42 Å².